The van der Waals surface area contributed by atoms with E-state index < -0.39 is 51.0 Å². The number of fused-ring (bicyclic) bond motifs is 1. The SMILES string of the molecule is NCCCC[C@H](N)C(=O)O[C@H]1[C@@H](O)[C@H](n2cnc3c(N)ncnc32)O[C@@H]1COP(=O)(O)O. The first-order valence-corrected chi connectivity index (χ1v) is 11.3. The molecule has 0 unspecified atom stereocenters. The molecule has 16 heteroatoms. The molecule has 15 nitrogen and oxygen atoms in total. The van der Waals surface area contributed by atoms with Gasteiger partial charge < -0.3 is 41.6 Å². The average Bonchev–Trinajstić information content (AvgIpc) is 3.28. The number of carbonyl (C=O) groups is 1. The van der Waals surface area contributed by atoms with Crippen LogP contribution >= 0.6 is 7.82 Å². The van der Waals surface area contributed by atoms with E-state index >= 15 is 0 Å². The first kappa shape index (κ1) is 24.4. The van der Waals surface area contributed by atoms with Gasteiger partial charge in [-0.3, -0.25) is 13.9 Å². The molecule has 32 heavy (non-hydrogen) atoms. The quantitative estimate of drug-likeness (QED) is 0.125. The highest BCUT2D eigenvalue weighted by Gasteiger charge is 2.48. The van der Waals surface area contributed by atoms with E-state index in [0.717, 1.165) is 0 Å². The summed E-state index contributed by atoms with van der Waals surface area (Å²) in [6.07, 6.45) is -1.11. The first-order valence-electron chi connectivity index (χ1n) is 9.75. The van der Waals surface area contributed by atoms with Gasteiger partial charge in [-0.2, -0.15) is 0 Å². The monoisotopic (exact) mass is 475 g/mol. The van der Waals surface area contributed by atoms with Crippen LogP contribution in [0, 0.1) is 0 Å². The fourth-order valence-corrected chi connectivity index (χ4v) is 3.64. The molecule has 0 aliphatic carbocycles. The van der Waals surface area contributed by atoms with Crippen molar-refractivity contribution in [1.82, 2.24) is 19.5 Å². The van der Waals surface area contributed by atoms with Crippen LogP contribution in [0.3, 0.4) is 0 Å². The van der Waals surface area contributed by atoms with E-state index in [1.165, 1.54) is 17.2 Å². The van der Waals surface area contributed by atoms with Crippen LogP contribution in [0.5, 0.6) is 0 Å². The van der Waals surface area contributed by atoms with Gasteiger partial charge >= 0.3 is 13.8 Å². The number of aliphatic hydroxyl groups excluding tert-OH is 1. The van der Waals surface area contributed by atoms with Gasteiger partial charge in [0.05, 0.1) is 12.9 Å². The van der Waals surface area contributed by atoms with Crippen molar-refractivity contribution in [3.05, 3.63) is 12.7 Å². The smallest absolute Gasteiger partial charge is 0.455 e. The van der Waals surface area contributed by atoms with Crippen molar-refractivity contribution in [2.24, 2.45) is 11.5 Å². The number of nitrogens with zero attached hydrogens (tertiary/aromatic N) is 4. The molecule has 2 aromatic heterocycles. The molecule has 9 N–H and O–H groups in total. The predicted molar refractivity (Wildman–Crippen MR) is 108 cm³/mol. The zero-order valence-electron chi connectivity index (χ0n) is 16.9. The molecular formula is C16H26N7O8P. The van der Waals surface area contributed by atoms with E-state index in [1.54, 1.807) is 0 Å². The van der Waals surface area contributed by atoms with Crippen LogP contribution in [0.15, 0.2) is 12.7 Å². The summed E-state index contributed by atoms with van der Waals surface area (Å²) in [4.78, 5) is 42.5. The van der Waals surface area contributed by atoms with Crippen molar-refractivity contribution in [2.45, 2.75) is 49.8 Å². The van der Waals surface area contributed by atoms with Crippen molar-refractivity contribution >= 4 is 30.8 Å². The number of phosphoric ester groups is 1. The first-order chi connectivity index (χ1) is 15.1. The number of carbonyl (C=O) groups excluding carboxylic acids is 1. The van der Waals surface area contributed by atoms with Crippen LogP contribution < -0.4 is 17.2 Å². The lowest BCUT2D eigenvalue weighted by molar-refractivity contribution is -0.158. The number of ether oxygens (including phenoxy) is 2. The van der Waals surface area contributed by atoms with Gasteiger partial charge in [-0.15, -0.1) is 0 Å². The van der Waals surface area contributed by atoms with Gasteiger partial charge in [0.1, 0.15) is 30.1 Å². The predicted octanol–water partition coefficient (Wildman–Crippen LogP) is -1.86. The summed E-state index contributed by atoms with van der Waals surface area (Å²) in [6.45, 7) is -0.213. The number of rotatable bonds is 10. The summed E-state index contributed by atoms with van der Waals surface area (Å²) in [5.41, 5.74) is 17.6. The molecule has 1 aliphatic heterocycles. The number of nitrogens with two attached hydrogens (primary N) is 3. The fourth-order valence-electron chi connectivity index (χ4n) is 3.30. The Morgan fingerprint density at radius 3 is 2.75 bits per heavy atom. The lowest BCUT2D eigenvalue weighted by Crippen LogP contribution is -2.43. The maximum absolute atomic E-state index is 12.4. The molecule has 3 rings (SSSR count). The summed E-state index contributed by atoms with van der Waals surface area (Å²) >= 11 is 0. The lowest BCUT2D eigenvalue weighted by Gasteiger charge is -2.22. The third-order valence-electron chi connectivity index (χ3n) is 4.90. The van der Waals surface area contributed by atoms with Crippen LogP contribution in [-0.2, 0) is 23.4 Å². The van der Waals surface area contributed by atoms with E-state index in [0.29, 0.717) is 25.8 Å². The Bertz CT molecular complexity index is 984. The molecule has 1 saturated heterocycles. The van der Waals surface area contributed by atoms with E-state index in [2.05, 4.69) is 19.5 Å². The van der Waals surface area contributed by atoms with E-state index in [4.69, 9.17) is 36.5 Å². The largest absolute Gasteiger partial charge is 0.469 e. The second-order valence-electron chi connectivity index (χ2n) is 7.22. The lowest BCUT2D eigenvalue weighted by atomic mass is 10.1. The molecule has 0 saturated carbocycles. The number of aromatic nitrogens is 4. The van der Waals surface area contributed by atoms with Crippen LogP contribution in [0.1, 0.15) is 25.5 Å². The fraction of sp³-hybridized carbons (Fsp3) is 0.625. The van der Waals surface area contributed by atoms with Gasteiger partial charge in [0.15, 0.2) is 23.8 Å². The average molecular weight is 475 g/mol. The molecule has 1 aliphatic rings. The standard InChI is InChI=1S/C16H26N7O8P/c17-4-2-1-3-8(18)16(25)31-12-9(5-29-32(26,27)28)30-15(11(12)24)23-7-22-10-13(19)20-6-21-14(10)23/h6-9,11-12,15,24H,1-5,17-18H2,(H2,19,20,21)(H2,26,27,28)/t8-,9+,11+,12+,15+/m0/s1. The number of phosphoric acid groups is 1. The Labute approximate surface area is 182 Å². The molecule has 178 valence electrons. The molecule has 0 spiro atoms. The Hall–Kier alpha value is -2.23. The topological polar surface area (TPSA) is 244 Å². The number of unbranched alkanes of at least 4 members (excludes halogenated alkanes) is 1. The van der Waals surface area contributed by atoms with E-state index in [-0.39, 0.29) is 17.0 Å². The number of aliphatic hydroxyl groups is 1. The molecule has 5 atom stereocenters. The summed E-state index contributed by atoms with van der Waals surface area (Å²) in [7, 11) is -4.86. The van der Waals surface area contributed by atoms with Gasteiger partial charge in [-0.05, 0) is 19.4 Å². The van der Waals surface area contributed by atoms with Crippen LogP contribution in [0.4, 0.5) is 5.82 Å². The third kappa shape index (κ3) is 5.57. The van der Waals surface area contributed by atoms with Crippen molar-refractivity contribution < 1.29 is 38.3 Å². The van der Waals surface area contributed by atoms with Gasteiger partial charge in [-0.25, -0.2) is 19.5 Å². The molecule has 0 radical (unpaired) electrons. The van der Waals surface area contributed by atoms with Crippen molar-refractivity contribution in [2.75, 3.05) is 18.9 Å². The van der Waals surface area contributed by atoms with Crippen molar-refractivity contribution in [3.8, 4) is 0 Å². The van der Waals surface area contributed by atoms with Gasteiger partial charge in [-0.1, -0.05) is 6.42 Å². The van der Waals surface area contributed by atoms with Crippen LogP contribution in [-0.4, -0.2) is 77.9 Å². The second kappa shape index (κ2) is 10.1. The Kier molecular flexibility index (Phi) is 7.74. The summed E-state index contributed by atoms with van der Waals surface area (Å²) < 4.78 is 28.1. The minimum absolute atomic E-state index is 0.106. The Morgan fingerprint density at radius 1 is 1.31 bits per heavy atom. The number of imidazole rings is 1. The molecule has 1 fully saturated rings. The third-order valence-corrected chi connectivity index (χ3v) is 5.39. The number of esters is 1. The second-order valence-corrected chi connectivity index (χ2v) is 8.46. The Morgan fingerprint density at radius 2 is 2.06 bits per heavy atom. The van der Waals surface area contributed by atoms with Crippen LogP contribution in [0.25, 0.3) is 11.2 Å². The number of hydrogen-bond acceptors (Lipinski definition) is 12. The number of nitrogen functional groups attached to an aromatic ring is 1. The number of hydrogen-bond donors (Lipinski definition) is 6. The van der Waals surface area contributed by atoms with Gasteiger partial charge in [0.2, 0.25) is 0 Å². The molecule has 0 bridgehead atoms. The highest BCUT2D eigenvalue weighted by atomic mass is 31.2. The minimum atomic E-state index is -4.86. The molecule has 0 aromatic carbocycles. The molecular weight excluding hydrogens is 449 g/mol. The maximum Gasteiger partial charge on any atom is 0.469 e. The van der Waals surface area contributed by atoms with E-state index in [1.807, 2.05) is 0 Å². The molecule has 2 aromatic rings. The normalized spacial score (nSPS) is 24.7. The molecule has 0 amide bonds. The summed E-state index contributed by atoms with van der Waals surface area (Å²) in [5.74, 6) is -0.701. The zero-order chi connectivity index (χ0) is 23.5. The highest BCUT2D eigenvalue weighted by molar-refractivity contribution is 7.46. The maximum atomic E-state index is 12.4. The van der Waals surface area contributed by atoms with Gasteiger partial charge in [0, 0.05) is 0 Å². The van der Waals surface area contributed by atoms with Gasteiger partial charge in [0.25, 0.3) is 0 Å². The number of anilines is 1. The van der Waals surface area contributed by atoms with E-state index in [9.17, 15) is 14.5 Å². The summed E-state index contributed by atoms with van der Waals surface area (Å²) in [5, 5.41) is 10.9. The van der Waals surface area contributed by atoms with Crippen LogP contribution in [0.2, 0.25) is 0 Å². The van der Waals surface area contributed by atoms with Crippen molar-refractivity contribution in [3.63, 3.8) is 0 Å². The van der Waals surface area contributed by atoms with Crippen molar-refractivity contribution in [1.29, 1.82) is 0 Å². The molecule has 3 heterocycles. The Balaban J connectivity index is 1.81. The zero-order valence-corrected chi connectivity index (χ0v) is 17.8. The highest BCUT2D eigenvalue weighted by Crippen LogP contribution is 2.39. The summed E-state index contributed by atoms with van der Waals surface area (Å²) in [6, 6.07) is -0.974. The minimum Gasteiger partial charge on any atom is -0.455 e.